The van der Waals surface area contributed by atoms with Gasteiger partial charge in [-0.3, -0.25) is 4.90 Å². The van der Waals surface area contributed by atoms with Crippen LogP contribution in [0.3, 0.4) is 0 Å². The number of likely N-dealkylation sites (tertiary alicyclic amines) is 2. The van der Waals surface area contributed by atoms with E-state index in [1.54, 1.807) is 6.07 Å². The summed E-state index contributed by atoms with van der Waals surface area (Å²) in [4.78, 5) is 7.47. The molecule has 0 radical (unpaired) electrons. The number of anilines is 1. The first-order chi connectivity index (χ1) is 12.3. The fourth-order valence-electron chi connectivity index (χ4n) is 5.26. The van der Waals surface area contributed by atoms with Gasteiger partial charge in [-0.15, -0.1) is 0 Å². The van der Waals surface area contributed by atoms with Crippen molar-refractivity contribution >= 4 is 5.69 Å². The second-order valence-corrected chi connectivity index (χ2v) is 9.83. The summed E-state index contributed by atoms with van der Waals surface area (Å²) >= 11 is 0. The number of fused-ring (bicyclic) bond motifs is 1. The van der Waals surface area contributed by atoms with Gasteiger partial charge in [0.25, 0.3) is 0 Å². The van der Waals surface area contributed by atoms with Crippen molar-refractivity contribution in [2.45, 2.75) is 45.1 Å². The summed E-state index contributed by atoms with van der Waals surface area (Å²) in [5, 5.41) is 0. The molecule has 1 aromatic rings. The summed E-state index contributed by atoms with van der Waals surface area (Å²) in [5.74, 6) is 1.69. The number of hydrogen-bond acceptors (Lipinski definition) is 3. The van der Waals surface area contributed by atoms with Gasteiger partial charge in [-0.2, -0.15) is 0 Å². The molecule has 3 saturated heterocycles. The summed E-state index contributed by atoms with van der Waals surface area (Å²) in [6.45, 7) is 13.4. The Morgan fingerprint density at radius 1 is 0.962 bits per heavy atom. The molecule has 0 spiro atoms. The summed E-state index contributed by atoms with van der Waals surface area (Å²) in [5.41, 5.74) is 1.85. The van der Waals surface area contributed by atoms with Gasteiger partial charge in [0.05, 0.1) is 5.69 Å². The average molecular weight is 360 g/mol. The standard InChI is InChI=1S/C22H34FN3/c1-22(2,3)18-5-6-21(20(23)11-18)25-9-7-19(8-10-25)26-14-16-12-24(4)13-17(16)15-26/h5-6,11,16-17,19H,7-10,12-15H2,1-4H3. The molecule has 2 atom stereocenters. The molecule has 3 heterocycles. The molecule has 3 aliphatic rings. The second kappa shape index (κ2) is 6.79. The first-order valence-corrected chi connectivity index (χ1v) is 10.3. The Labute approximate surface area is 158 Å². The summed E-state index contributed by atoms with van der Waals surface area (Å²) in [6, 6.07) is 6.52. The number of benzene rings is 1. The van der Waals surface area contributed by atoms with Gasteiger partial charge in [0.2, 0.25) is 0 Å². The van der Waals surface area contributed by atoms with E-state index in [4.69, 9.17) is 0 Å². The van der Waals surface area contributed by atoms with E-state index in [1.807, 2.05) is 6.07 Å². The lowest BCUT2D eigenvalue weighted by Gasteiger charge is -2.38. The maximum absolute atomic E-state index is 14.7. The van der Waals surface area contributed by atoms with Crippen molar-refractivity contribution in [1.29, 1.82) is 0 Å². The molecular weight excluding hydrogens is 325 g/mol. The van der Waals surface area contributed by atoms with Crippen LogP contribution < -0.4 is 4.90 Å². The first kappa shape index (κ1) is 18.2. The zero-order valence-corrected chi connectivity index (χ0v) is 16.8. The molecule has 0 bridgehead atoms. The lowest BCUT2D eigenvalue weighted by atomic mass is 9.87. The Bertz CT molecular complexity index is 631. The highest BCUT2D eigenvalue weighted by Crippen LogP contribution is 2.34. The minimum absolute atomic E-state index is 0.00570. The van der Waals surface area contributed by atoms with E-state index in [1.165, 1.54) is 26.2 Å². The van der Waals surface area contributed by atoms with E-state index in [0.29, 0.717) is 6.04 Å². The predicted molar refractivity (Wildman–Crippen MR) is 106 cm³/mol. The molecule has 3 fully saturated rings. The van der Waals surface area contributed by atoms with Crippen molar-refractivity contribution in [3.63, 3.8) is 0 Å². The maximum atomic E-state index is 14.7. The fraction of sp³-hybridized carbons (Fsp3) is 0.727. The topological polar surface area (TPSA) is 9.72 Å². The smallest absolute Gasteiger partial charge is 0.146 e. The van der Waals surface area contributed by atoms with E-state index in [2.05, 4.69) is 48.6 Å². The van der Waals surface area contributed by atoms with Crippen LogP contribution in [0.2, 0.25) is 0 Å². The van der Waals surface area contributed by atoms with Gasteiger partial charge in [-0.1, -0.05) is 26.8 Å². The van der Waals surface area contributed by atoms with Gasteiger partial charge >= 0.3 is 0 Å². The summed E-state index contributed by atoms with van der Waals surface area (Å²) < 4.78 is 14.7. The number of rotatable bonds is 2. The Kier molecular flexibility index (Phi) is 4.77. The number of hydrogen-bond donors (Lipinski definition) is 0. The SMILES string of the molecule is CN1CC2CN(C3CCN(c4ccc(C(C)(C)C)cc4F)CC3)CC2C1. The van der Waals surface area contributed by atoms with Gasteiger partial charge in [0, 0.05) is 45.3 Å². The van der Waals surface area contributed by atoms with Crippen LogP contribution in [0.5, 0.6) is 0 Å². The Morgan fingerprint density at radius 2 is 1.58 bits per heavy atom. The zero-order chi connectivity index (χ0) is 18.5. The van der Waals surface area contributed by atoms with E-state index in [9.17, 15) is 4.39 Å². The van der Waals surface area contributed by atoms with Crippen molar-refractivity contribution in [2.75, 3.05) is 51.2 Å². The summed E-state index contributed by atoms with van der Waals surface area (Å²) in [6.07, 6.45) is 2.32. The lowest BCUT2D eigenvalue weighted by Crippen LogP contribution is -2.45. The highest BCUT2D eigenvalue weighted by molar-refractivity contribution is 5.50. The molecule has 0 aromatic heterocycles. The molecule has 0 N–H and O–H groups in total. The van der Waals surface area contributed by atoms with Crippen LogP contribution in [0.25, 0.3) is 0 Å². The first-order valence-electron chi connectivity index (χ1n) is 10.3. The monoisotopic (exact) mass is 359 g/mol. The van der Waals surface area contributed by atoms with Crippen molar-refractivity contribution in [1.82, 2.24) is 9.80 Å². The van der Waals surface area contributed by atoms with Crippen LogP contribution in [-0.4, -0.2) is 62.2 Å². The Balaban J connectivity index is 1.36. The molecule has 0 aliphatic carbocycles. The Hall–Kier alpha value is -1.13. The van der Waals surface area contributed by atoms with E-state index in [0.717, 1.165) is 49.0 Å². The number of piperidine rings is 1. The lowest BCUT2D eigenvalue weighted by molar-refractivity contribution is 0.183. The van der Waals surface area contributed by atoms with Gasteiger partial charge < -0.3 is 9.80 Å². The third-order valence-corrected chi connectivity index (χ3v) is 6.83. The molecule has 0 saturated carbocycles. The van der Waals surface area contributed by atoms with Crippen molar-refractivity contribution in [3.05, 3.63) is 29.6 Å². The molecule has 144 valence electrons. The van der Waals surface area contributed by atoms with Gasteiger partial charge in [-0.05, 0) is 54.8 Å². The molecule has 0 amide bonds. The molecule has 2 unspecified atom stereocenters. The highest BCUT2D eigenvalue weighted by Gasteiger charge is 2.41. The van der Waals surface area contributed by atoms with Crippen molar-refractivity contribution < 1.29 is 4.39 Å². The molecule has 4 rings (SSSR count). The van der Waals surface area contributed by atoms with Crippen molar-refractivity contribution in [2.24, 2.45) is 11.8 Å². The number of nitrogens with zero attached hydrogens (tertiary/aromatic N) is 3. The molecular formula is C22H34FN3. The largest absolute Gasteiger partial charge is 0.369 e. The van der Waals surface area contributed by atoms with E-state index >= 15 is 0 Å². The zero-order valence-electron chi connectivity index (χ0n) is 16.8. The fourth-order valence-corrected chi connectivity index (χ4v) is 5.26. The van der Waals surface area contributed by atoms with Crippen LogP contribution >= 0.6 is 0 Å². The normalized spacial score (nSPS) is 28.7. The maximum Gasteiger partial charge on any atom is 0.146 e. The van der Waals surface area contributed by atoms with Crippen LogP contribution in [0.15, 0.2) is 18.2 Å². The third kappa shape index (κ3) is 3.50. The summed E-state index contributed by atoms with van der Waals surface area (Å²) in [7, 11) is 2.25. The molecule has 3 nitrogen and oxygen atoms in total. The van der Waals surface area contributed by atoms with E-state index in [-0.39, 0.29) is 11.2 Å². The molecule has 3 aliphatic heterocycles. The predicted octanol–water partition coefficient (Wildman–Crippen LogP) is 3.59. The second-order valence-electron chi connectivity index (χ2n) is 9.83. The van der Waals surface area contributed by atoms with Crippen LogP contribution in [0.4, 0.5) is 10.1 Å². The Morgan fingerprint density at radius 3 is 2.12 bits per heavy atom. The molecule has 1 aromatic carbocycles. The van der Waals surface area contributed by atoms with Crippen LogP contribution in [0, 0.1) is 17.7 Å². The van der Waals surface area contributed by atoms with Gasteiger partial charge in [0.1, 0.15) is 5.82 Å². The van der Waals surface area contributed by atoms with Crippen molar-refractivity contribution in [3.8, 4) is 0 Å². The molecule has 26 heavy (non-hydrogen) atoms. The van der Waals surface area contributed by atoms with Crippen LogP contribution in [0.1, 0.15) is 39.2 Å². The van der Waals surface area contributed by atoms with Gasteiger partial charge in [0.15, 0.2) is 0 Å². The molecule has 4 heteroatoms. The third-order valence-electron chi connectivity index (χ3n) is 6.83. The van der Waals surface area contributed by atoms with Crippen LogP contribution in [-0.2, 0) is 5.41 Å². The average Bonchev–Trinajstić information content (AvgIpc) is 3.11. The highest BCUT2D eigenvalue weighted by atomic mass is 19.1. The number of halogens is 1. The van der Waals surface area contributed by atoms with Gasteiger partial charge in [-0.25, -0.2) is 4.39 Å². The minimum atomic E-state index is -0.0605. The quantitative estimate of drug-likeness (QED) is 0.799. The van der Waals surface area contributed by atoms with E-state index < -0.39 is 0 Å². The minimum Gasteiger partial charge on any atom is -0.369 e.